The molecule has 27 heavy (non-hydrogen) atoms. The van der Waals surface area contributed by atoms with Gasteiger partial charge in [0.05, 0.1) is 25.9 Å². The van der Waals surface area contributed by atoms with Gasteiger partial charge < -0.3 is 20.5 Å². The average Bonchev–Trinajstić information content (AvgIpc) is 2.69. The van der Waals surface area contributed by atoms with Crippen LogP contribution in [0.2, 0.25) is 0 Å². The maximum absolute atomic E-state index is 10.1. The first-order valence-corrected chi connectivity index (χ1v) is 9.89. The molecule has 150 valence electrons. The Kier molecular flexibility index (Phi) is 9.90. The van der Waals surface area contributed by atoms with Gasteiger partial charge in [-0.1, -0.05) is 36.4 Å². The molecule has 0 aliphatic carbocycles. The molecule has 1 unspecified atom stereocenters. The first kappa shape index (κ1) is 21.4. The van der Waals surface area contributed by atoms with Crippen LogP contribution >= 0.6 is 0 Å². The third-order valence-corrected chi connectivity index (χ3v) is 4.54. The number of aliphatic hydroxyl groups excluding tert-OH is 1. The number of hydrogen-bond donors (Lipinski definition) is 3. The van der Waals surface area contributed by atoms with E-state index in [9.17, 15) is 5.11 Å². The number of hydrogen-bond acceptors (Lipinski definition) is 4. The molecule has 0 aromatic heterocycles. The van der Waals surface area contributed by atoms with E-state index in [4.69, 9.17) is 4.74 Å². The molecule has 3 N–H and O–H groups in total. The van der Waals surface area contributed by atoms with Crippen LogP contribution in [0.4, 0.5) is 0 Å². The fraction of sp³-hybridized carbons (Fsp3) is 0.571. The Morgan fingerprint density at radius 3 is 2.78 bits per heavy atom. The van der Waals surface area contributed by atoms with E-state index in [-0.39, 0.29) is 6.61 Å². The lowest BCUT2D eigenvalue weighted by Gasteiger charge is -2.32. The number of benzene rings is 1. The first-order valence-electron chi connectivity index (χ1n) is 9.89. The van der Waals surface area contributed by atoms with Gasteiger partial charge in [0, 0.05) is 32.2 Å². The zero-order valence-electron chi connectivity index (χ0n) is 16.4. The van der Waals surface area contributed by atoms with E-state index in [1.807, 2.05) is 43.3 Å². The number of ether oxygens (including phenoxy) is 1. The van der Waals surface area contributed by atoms with Gasteiger partial charge in [0.25, 0.3) is 0 Å². The van der Waals surface area contributed by atoms with E-state index in [0.29, 0.717) is 19.2 Å². The van der Waals surface area contributed by atoms with E-state index in [1.165, 1.54) is 0 Å². The van der Waals surface area contributed by atoms with Crippen molar-refractivity contribution in [2.75, 3.05) is 39.3 Å². The van der Waals surface area contributed by atoms with Crippen molar-refractivity contribution in [1.82, 2.24) is 15.5 Å². The monoisotopic (exact) mass is 374 g/mol. The molecule has 6 heteroatoms. The molecule has 0 amide bonds. The molecule has 0 radical (unpaired) electrons. The van der Waals surface area contributed by atoms with Gasteiger partial charge in [-0.25, -0.2) is 0 Å². The number of likely N-dealkylation sites (tertiary alicyclic amines) is 1. The lowest BCUT2D eigenvalue weighted by atomic mass is 10.1. The molecular weight excluding hydrogens is 340 g/mol. The molecule has 1 fully saturated rings. The third-order valence-electron chi connectivity index (χ3n) is 4.54. The van der Waals surface area contributed by atoms with Crippen LogP contribution in [0.5, 0.6) is 0 Å². The molecule has 2 rings (SSSR count). The predicted molar refractivity (Wildman–Crippen MR) is 111 cm³/mol. The lowest BCUT2D eigenvalue weighted by Crippen LogP contribution is -2.49. The highest BCUT2D eigenvalue weighted by atomic mass is 16.5. The molecule has 1 atom stereocenters. The highest BCUT2D eigenvalue weighted by Gasteiger charge is 2.19. The molecule has 1 aromatic rings. The number of aliphatic imine (C=N–C) groups is 1. The maximum atomic E-state index is 10.1. The molecule has 1 heterocycles. The number of piperidine rings is 1. The second kappa shape index (κ2) is 12.5. The van der Waals surface area contributed by atoms with Gasteiger partial charge in [-0.15, -0.1) is 6.58 Å². The van der Waals surface area contributed by atoms with Gasteiger partial charge in [-0.3, -0.25) is 9.89 Å². The molecule has 1 saturated heterocycles. The van der Waals surface area contributed by atoms with Gasteiger partial charge in [-0.05, 0) is 25.3 Å². The second-order valence-corrected chi connectivity index (χ2v) is 6.88. The summed E-state index contributed by atoms with van der Waals surface area (Å²) in [7, 11) is 0. The Morgan fingerprint density at radius 1 is 1.37 bits per heavy atom. The van der Waals surface area contributed by atoms with Crippen molar-refractivity contribution in [2.45, 2.75) is 38.5 Å². The molecule has 0 spiro atoms. The normalized spacial score (nSPS) is 17.5. The summed E-state index contributed by atoms with van der Waals surface area (Å²) in [6, 6.07) is 10.4. The second-order valence-electron chi connectivity index (χ2n) is 6.88. The van der Waals surface area contributed by atoms with Crippen molar-refractivity contribution in [3.8, 4) is 0 Å². The summed E-state index contributed by atoms with van der Waals surface area (Å²) in [5.41, 5.74) is 1.10. The Bertz CT molecular complexity index is 557. The lowest BCUT2D eigenvalue weighted by molar-refractivity contribution is 0.0331. The van der Waals surface area contributed by atoms with E-state index in [1.54, 1.807) is 0 Å². The van der Waals surface area contributed by atoms with Crippen molar-refractivity contribution in [2.24, 2.45) is 4.99 Å². The third kappa shape index (κ3) is 8.56. The Balaban J connectivity index is 1.71. The summed E-state index contributed by atoms with van der Waals surface area (Å²) in [4.78, 5) is 6.93. The Labute approximate surface area is 163 Å². The van der Waals surface area contributed by atoms with Gasteiger partial charge >= 0.3 is 0 Å². The molecule has 0 bridgehead atoms. The van der Waals surface area contributed by atoms with Gasteiger partial charge in [0.15, 0.2) is 5.96 Å². The van der Waals surface area contributed by atoms with Gasteiger partial charge in [0.2, 0.25) is 0 Å². The van der Waals surface area contributed by atoms with Crippen LogP contribution in [-0.2, 0) is 11.3 Å². The highest BCUT2D eigenvalue weighted by Crippen LogP contribution is 2.10. The Morgan fingerprint density at radius 2 is 2.11 bits per heavy atom. The molecule has 1 aliphatic rings. The standard InChI is InChI=1S/C21H34N4O2/c1-3-12-25-13-10-19(11-14-25)24-21(22-4-2)23-15-20(26)17-27-16-18-8-6-5-7-9-18/h3,5-9,19-20,26H,1,4,10-17H2,2H3,(H2,22,23,24). The summed E-state index contributed by atoms with van der Waals surface area (Å²) in [5, 5.41) is 16.9. The van der Waals surface area contributed by atoms with Crippen molar-refractivity contribution < 1.29 is 9.84 Å². The Hall–Kier alpha value is -1.89. The first-order chi connectivity index (χ1) is 13.2. The van der Waals surface area contributed by atoms with E-state index in [2.05, 4.69) is 27.1 Å². The summed E-state index contributed by atoms with van der Waals surface area (Å²) in [5.74, 6) is 0.766. The van der Waals surface area contributed by atoms with Crippen LogP contribution < -0.4 is 10.6 Å². The zero-order valence-corrected chi connectivity index (χ0v) is 16.4. The maximum Gasteiger partial charge on any atom is 0.191 e. The van der Waals surface area contributed by atoms with E-state index < -0.39 is 6.10 Å². The summed E-state index contributed by atoms with van der Waals surface area (Å²) < 4.78 is 5.58. The fourth-order valence-electron chi connectivity index (χ4n) is 3.09. The molecule has 0 saturated carbocycles. The van der Waals surface area contributed by atoms with Crippen molar-refractivity contribution in [3.63, 3.8) is 0 Å². The highest BCUT2D eigenvalue weighted by molar-refractivity contribution is 5.80. The average molecular weight is 375 g/mol. The van der Waals surface area contributed by atoms with Crippen LogP contribution in [0.15, 0.2) is 48.0 Å². The number of rotatable bonds is 10. The minimum absolute atomic E-state index is 0.276. The van der Waals surface area contributed by atoms with Crippen LogP contribution in [0.3, 0.4) is 0 Å². The quantitative estimate of drug-likeness (QED) is 0.331. The van der Waals surface area contributed by atoms with Gasteiger partial charge in [-0.2, -0.15) is 0 Å². The van der Waals surface area contributed by atoms with Crippen LogP contribution in [-0.4, -0.2) is 67.4 Å². The zero-order chi connectivity index (χ0) is 19.3. The fourth-order valence-corrected chi connectivity index (χ4v) is 3.09. The summed E-state index contributed by atoms with van der Waals surface area (Å²) >= 11 is 0. The van der Waals surface area contributed by atoms with Crippen LogP contribution in [0.1, 0.15) is 25.3 Å². The summed E-state index contributed by atoms with van der Waals surface area (Å²) in [6.45, 7) is 10.8. The summed E-state index contributed by atoms with van der Waals surface area (Å²) in [6.07, 6.45) is 3.52. The smallest absolute Gasteiger partial charge is 0.191 e. The van der Waals surface area contributed by atoms with E-state index in [0.717, 1.165) is 50.5 Å². The molecular formula is C21H34N4O2. The number of guanidine groups is 1. The van der Waals surface area contributed by atoms with Crippen LogP contribution in [0.25, 0.3) is 0 Å². The molecule has 6 nitrogen and oxygen atoms in total. The van der Waals surface area contributed by atoms with Crippen LogP contribution in [0, 0.1) is 0 Å². The van der Waals surface area contributed by atoms with Crippen molar-refractivity contribution >= 4 is 5.96 Å². The minimum atomic E-state index is -0.612. The molecule has 1 aromatic carbocycles. The number of aliphatic hydroxyl groups is 1. The van der Waals surface area contributed by atoms with Gasteiger partial charge in [0.1, 0.15) is 0 Å². The predicted octanol–water partition coefficient (Wildman–Crippen LogP) is 1.77. The number of nitrogens with one attached hydrogen (secondary N) is 2. The minimum Gasteiger partial charge on any atom is -0.389 e. The topological polar surface area (TPSA) is 69.1 Å². The molecule has 1 aliphatic heterocycles. The SMILES string of the molecule is C=CCN1CCC(NC(=NCC(O)COCc2ccccc2)NCC)CC1. The van der Waals surface area contributed by atoms with Crippen molar-refractivity contribution in [1.29, 1.82) is 0 Å². The largest absolute Gasteiger partial charge is 0.389 e. The van der Waals surface area contributed by atoms with Crippen molar-refractivity contribution in [3.05, 3.63) is 48.6 Å². The van der Waals surface area contributed by atoms with E-state index >= 15 is 0 Å². The number of nitrogens with zero attached hydrogens (tertiary/aromatic N) is 2.